The van der Waals surface area contributed by atoms with E-state index in [2.05, 4.69) is 4.98 Å². The van der Waals surface area contributed by atoms with E-state index < -0.39 is 10.0 Å². The Hall–Kier alpha value is -2.18. The van der Waals surface area contributed by atoms with Gasteiger partial charge in [0.1, 0.15) is 0 Å². The molecule has 0 amide bonds. The average molecular weight is 273 g/mol. The highest BCUT2D eigenvalue weighted by molar-refractivity contribution is 7.89. The van der Waals surface area contributed by atoms with Crippen molar-refractivity contribution in [2.75, 3.05) is 0 Å². The lowest BCUT2D eigenvalue weighted by Gasteiger charge is -2.07. The minimum absolute atomic E-state index is 0.153. The Kier molecular flexibility index (Phi) is 2.62. The van der Waals surface area contributed by atoms with Gasteiger partial charge in [-0.3, -0.25) is 4.57 Å². The predicted molar refractivity (Wildman–Crippen MR) is 72.4 cm³/mol. The molecule has 0 radical (unpaired) electrons. The van der Waals surface area contributed by atoms with Gasteiger partial charge in [-0.2, -0.15) is 0 Å². The summed E-state index contributed by atoms with van der Waals surface area (Å²) in [5.74, 6) is 0. The van der Waals surface area contributed by atoms with E-state index in [4.69, 9.17) is 5.14 Å². The molecule has 0 aliphatic carbocycles. The van der Waals surface area contributed by atoms with E-state index in [-0.39, 0.29) is 5.16 Å². The molecule has 0 fully saturated rings. The Bertz CT molecular complexity index is 839. The molecule has 0 saturated carbocycles. The number of fused-ring (bicyclic) bond motifs is 1. The third-order valence-electron chi connectivity index (χ3n) is 2.80. The number of aromatic nitrogens is 2. The van der Waals surface area contributed by atoms with Gasteiger partial charge in [-0.15, -0.1) is 0 Å². The third-order valence-corrected chi connectivity index (χ3v) is 3.58. The zero-order valence-electron chi connectivity index (χ0n) is 9.89. The fourth-order valence-electron chi connectivity index (χ4n) is 2.02. The zero-order valence-corrected chi connectivity index (χ0v) is 10.7. The molecule has 1 aromatic heterocycles. The van der Waals surface area contributed by atoms with Crippen LogP contribution in [0.4, 0.5) is 0 Å². The number of nitrogens with zero attached hydrogens (tertiary/aromatic N) is 2. The quantitative estimate of drug-likeness (QED) is 0.771. The van der Waals surface area contributed by atoms with Gasteiger partial charge in [0.25, 0.3) is 10.0 Å². The van der Waals surface area contributed by atoms with Crippen LogP contribution in [-0.2, 0) is 10.0 Å². The molecule has 2 aromatic carbocycles. The molecule has 0 unspecified atom stereocenters. The molecule has 0 aliphatic rings. The third kappa shape index (κ3) is 2.00. The highest BCUT2D eigenvalue weighted by atomic mass is 32.2. The molecular weight excluding hydrogens is 262 g/mol. The second-order valence-corrected chi connectivity index (χ2v) is 5.55. The monoisotopic (exact) mass is 273 g/mol. The Morgan fingerprint density at radius 2 is 1.58 bits per heavy atom. The first-order chi connectivity index (χ1) is 9.07. The van der Waals surface area contributed by atoms with Crippen LogP contribution in [0.1, 0.15) is 0 Å². The van der Waals surface area contributed by atoms with Crippen molar-refractivity contribution in [3.05, 3.63) is 54.6 Å². The number of imidazole rings is 1. The van der Waals surface area contributed by atoms with Crippen LogP contribution >= 0.6 is 0 Å². The second-order valence-electron chi connectivity index (χ2n) is 4.10. The summed E-state index contributed by atoms with van der Waals surface area (Å²) >= 11 is 0. The van der Waals surface area contributed by atoms with Crippen molar-refractivity contribution in [3.63, 3.8) is 0 Å². The van der Waals surface area contributed by atoms with E-state index >= 15 is 0 Å². The Morgan fingerprint density at radius 1 is 0.947 bits per heavy atom. The van der Waals surface area contributed by atoms with Crippen LogP contribution in [0.2, 0.25) is 0 Å². The van der Waals surface area contributed by atoms with E-state index in [9.17, 15) is 8.42 Å². The van der Waals surface area contributed by atoms with Gasteiger partial charge >= 0.3 is 0 Å². The molecule has 0 bridgehead atoms. The van der Waals surface area contributed by atoms with Crippen molar-refractivity contribution in [1.82, 2.24) is 9.55 Å². The Labute approximate surface area is 110 Å². The van der Waals surface area contributed by atoms with Gasteiger partial charge in [0.15, 0.2) is 0 Å². The lowest BCUT2D eigenvalue weighted by molar-refractivity contribution is 0.587. The molecule has 5 nitrogen and oxygen atoms in total. The number of sulfonamides is 1. The number of hydrogen-bond acceptors (Lipinski definition) is 3. The first kappa shape index (κ1) is 11.9. The molecule has 1 heterocycles. The molecule has 2 N–H and O–H groups in total. The second kappa shape index (κ2) is 4.18. The maximum absolute atomic E-state index is 11.7. The van der Waals surface area contributed by atoms with Crippen molar-refractivity contribution in [3.8, 4) is 5.69 Å². The smallest absolute Gasteiger partial charge is 0.272 e. The summed E-state index contributed by atoms with van der Waals surface area (Å²) < 4.78 is 24.9. The number of benzene rings is 2. The standard InChI is InChI=1S/C13H11N3O2S/c14-19(17,18)13-15-11-8-4-5-9-12(11)16(13)10-6-2-1-3-7-10/h1-9H,(H2,14,17,18). The van der Waals surface area contributed by atoms with Gasteiger partial charge < -0.3 is 0 Å². The van der Waals surface area contributed by atoms with Crippen LogP contribution in [0.15, 0.2) is 59.8 Å². The van der Waals surface area contributed by atoms with Gasteiger partial charge in [0.05, 0.1) is 11.0 Å². The number of rotatable bonds is 2. The van der Waals surface area contributed by atoms with Gasteiger partial charge in [-0.1, -0.05) is 30.3 Å². The topological polar surface area (TPSA) is 78.0 Å². The van der Waals surface area contributed by atoms with Crippen LogP contribution in [0.3, 0.4) is 0 Å². The summed E-state index contributed by atoms with van der Waals surface area (Å²) in [5.41, 5.74) is 2.01. The van der Waals surface area contributed by atoms with Crippen LogP contribution in [-0.4, -0.2) is 18.0 Å². The highest BCUT2D eigenvalue weighted by Gasteiger charge is 2.20. The first-order valence-electron chi connectivity index (χ1n) is 5.63. The van der Waals surface area contributed by atoms with E-state index in [0.717, 1.165) is 0 Å². The lowest BCUT2D eigenvalue weighted by Crippen LogP contribution is -2.17. The molecule has 0 spiro atoms. The minimum Gasteiger partial charge on any atom is -0.282 e. The zero-order chi connectivity index (χ0) is 13.5. The van der Waals surface area contributed by atoms with Crippen molar-refractivity contribution in [2.24, 2.45) is 5.14 Å². The van der Waals surface area contributed by atoms with Gasteiger partial charge in [-0.05, 0) is 24.3 Å². The van der Waals surface area contributed by atoms with Crippen molar-refractivity contribution < 1.29 is 8.42 Å². The molecule has 3 rings (SSSR count). The summed E-state index contributed by atoms with van der Waals surface area (Å²) in [5, 5.41) is 5.09. The molecule has 0 atom stereocenters. The molecule has 0 aliphatic heterocycles. The molecule has 6 heteroatoms. The number of nitrogens with two attached hydrogens (primary N) is 1. The predicted octanol–water partition coefficient (Wildman–Crippen LogP) is 1.67. The molecule has 3 aromatic rings. The number of para-hydroxylation sites is 3. The molecule has 19 heavy (non-hydrogen) atoms. The van der Waals surface area contributed by atoms with E-state index in [1.165, 1.54) is 0 Å². The fraction of sp³-hybridized carbons (Fsp3) is 0. The normalized spacial score (nSPS) is 11.8. The van der Waals surface area contributed by atoms with Crippen LogP contribution < -0.4 is 5.14 Å². The Morgan fingerprint density at radius 3 is 2.26 bits per heavy atom. The Balaban J connectivity index is 2.45. The fourth-order valence-corrected chi connectivity index (χ4v) is 2.71. The highest BCUT2D eigenvalue weighted by Crippen LogP contribution is 2.23. The maximum atomic E-state index is 11.7. The summed E-state index contributed by atoms with van der Waals surface area (Å²) in [7, 11) is -3.89. The first-order valence-corrected chi connectivity index (χ1v) is 7.18. The number of primary sulfonamides is 1. The van der Waals surface area contributed by atoms with E-state index in [0.29, 0.717) is 16.7 Å². The lowest BCUT2D eigenvalue weighted by atomic mass is 10.3. The maximum Gasteiger partial charge on any atom is 0.272 e. The van der Waals surface area contributed by atoms with Crippen LogP contribution in [0.25, 0.3) is 16.7 Å². The van der Waals surface area contributed by atoms with E-state index in [1.54, 1.807) is 16.7 Å². The van der Waals surface area contributed by atoms with Crippen LogP contribution in [0, 0.1) is 0 Å². The summed E-state index contributed by atoms with van der Waals surface area (Å²) in [6.45, 7) is 0. The van der Waals surface area contributed by atoms with Crippen molar-refractivity contribution in [2.45, 2.75) is 5.16 Å². The minimum atomic E-state index is -3.89. The largest absolute Gasteiger partial charge is 0.282 e. The van der Waals surface area contributed by atoms with Crippen LogP contribution in [0.5, 0.6) is 0 Å². The van der Waals surface area contributed by atoms with Crippen molar-refractivity contribution in [1.29, 1.82) is 0 Å². The van der Waals surface area contributed by atoms with Gasteiger partial charge in [0.2, 0.25) is 5.16 Å². The summed E-state index contributed by atoms with van der Waals surface area (Å²) in [6.07, 6.45) is 0. The average Bonchev–Trinajstić information content (AvgIpc) is 2.79. The van der Waals surface area contributed by atoms with Crippen molar-refractivity contribution >= 4 is 21.1 Å². The SMILES string of the molecule is NS(=O)(=O)c1nc2ccccc2n1-c1ccccc1. The molecule has 96 valence electrons. The van der Waals surface area contributed by atoms with Gasteiger partial charge in [0, 0.05) is 5.69 Å². The van der Waals surface area contributed by atoms with Gasteiger partial charge in [-0.25, -0.2) is 18.5 Å². The summed E-state index contributed by atoms with van der Waals surface area (Å²) in [6, 6.07) is 16.3. The number of hydrogen-bond donors (Lipinski definition) is 1. The summed E-state index contributed by atoms with van der Waals surface area (Å²) in [4.78, 5) is 4.11. The van der Waals surface area contributed by atoms with E-state index in [1.807, 2.05) is 42.5 Å². The molecular formula is C13H11N3O2S. The molecule has 0 saturated heterocycles.